The van der Waals surface area contributed by atoms with E-state index >= 15 is 0 Å². The van der Waals surface area contributed by atoms with Crippen LogP contribution in [0, 0.1) is 10.1 Å². The zero-order valence-corrected chi connectivity index (χ0v) is 9.38. The third-order valence-corrected chi connectivity index (χ3v) is 2.22. The van der Waals surface area contributed by atoms with Crippen molar-refractivity contribution in [3.63, 3.8) is 0 Å². The lowest BCUT2D eigenvalue weighted by Gasteiger charge is -2.11. The normalized spacial score (nSPS) is 11.9. The summed E-state index contributed by atoms with van der Waals surface area (Å²) in [5.74, 6) is 0. The van der Waals surface area contributed by atoms with Crippen LogP contribution < -0.4 is 10.6 Å². The molecule has 0 bridgehead atoms. The van der Waals surface area contributed by atoms with Crippen molar-refractivity contribution in [1.29, 1.82) is 0 Å². The summed E-state index contributed by atoms with van der Waals surface area (Å²) < 4.78 is 0. The van der Waals surface area contributed by atoms with E-state index in [-0.39, 0.29) is 12.2 Å². The number of aliphatic hydroxyl groups is 2. The summed E-state index contributed by atoms with van der Waals surface area (Å²) >= 11 is 0. The third kappa shape index (κ3) is 3.58. The Morgan fingerprint density at radius 1 is 1.53 bits per heavy atom. The fourth-order valence-electron chi connectivity index (χ4n) is 1.28. The SMILES string of the molecule is CNc1ccc(NCC(O)CO)c([N+](=O)[O-])c1. The third-order valence-electron chi connectivity index (χ3n) is 2.22. The highest BCUT2D eigenvalue weighted by Gasteiger charge is 2.14. The van der Waals surface area contributed by atoms with Crippen LogP contribution in [0.3, 0.4) is 0 Å². The molecule has 1 unspecified atom stereocenters. The molecule has 4 N–H and O–H groups in total. The average Bonchev–Trinajstić information content (AvgIpc) is 2.35. The molecule has 1 aromatic carbocycles. The number of aliphatic hydroxyl groups excluding tert-OH is 2. The Kier molecular flexibility index (Phi) is 4.68. The van der Waals surface area contributed by atoms with Crippen LogP contribution in [0.2, 0.25) is 0 Å². The molecule has 7 nitrogen and oxygen atoms in total. The molecular weight excluding hydrogens is 226 g/mol. The summed E-state index contributed by atoms with van der Waals surface area (Å²) in [6.45, 7) is -0.342. The molecule has 0 heterocycles. The minimum absolute atomic E-state index is 0.0518. The summed E-state index contributed by atoms with van der Waals surface area (Å²) in [7, 11) is 1.67. The fourth-order valence-corrected chi connectivity index (χ4v) is 1.28. The second-order valence-electron chi connectivity index (χ2n) is 3.46. The Morgan fingerprint density at radius 3 is 2.76 bits per heavy atom. The average molecular weight is 241 g/mol. The van der Waals surface area contributed by atoms with E-state index in [9.17, 15) is 10.1 Å². The van der Waals surface area contributed by atoms with Crippen molar-refractivity contribution in [3.05, 3.63) is 28.3 Å². The van der Waals surface area contributed by atoms with Crippen LogP contribution >= 0.6 is 0 Å². The molecule has 1 aromatic rings. The molecule has 17 heavy (non-hydrogen) atoms. The maximum atomic E-state index is 10.8. The lowest BCUT2D eigenvalue weighted by Crippen LogP contribution is -2.23. The van der Waals surface area contributed by atoms with Gasteiger partial charge in [0.05, 0.1) is 17.6 Å². The maximum absolute atomic E-state index is 10.8. The lowest BCUT2D eigenvalue weighted by molar-refractivity contribution is -0.383. The van der Waals surface area contributed by atoms with Gasteiger partial charge in [-0.1, -0.05) is 0 Å². The van der Waals surface area contributed by atoms with Gasteiger partial charge in [0, 0.05) is 25.3 Å². The van der Waals surface area contributed by atoms with Gasteiger partial charge in [0.2, 0.25) is 0 Å². The summed E-state index contributed by atoms with van der Waals surface area (Å²) in [5.41, 5.74) is 0.855. The molecule has 0 fully saturated rings. The number of hydrogen-bond donors (Lipinski definition) is 4. The summed E-state index contributed by atoms with van der Waals surface area (Å²) in [6.07, 6.45) is -0.946. The van der Waals surface area contributed by atoms with E-state index in [0.29, 0.717) is 11.4 Å². The van der Waals surface area contributed by atoms with E-state index in [1.54, 1.807) is 19.2 Å². The van der Waals surface area contributed by atoms with E-state index in [0.717, 1.165) is 0 Å². The summed E-state index contributed by atoms with van der Waals surface area (Å²) in [5, 5.41) is 34.1. The van der Waals surface area contributed by atoms with Crippen molar-refractivity contribution in [2.75, 3.05) is 30.8 Å². The first kappa shape index (κ1) is 13.2. The number of nitro benzene ring substituents is 1. The molecule has 0 saturated carbocycles. The van der Waals surface area contributed by atoms with Gasteiger partial charge in [-0.3, -0.25) is 10.1 Å². The Morgan fingerprint density at radius 2 is 2.24 bits per heavy atom. The Bertz CT molecular complexity index is 397. The molecule has 0 saturated heterocycles. The summed E-state index contributed by atoms with van der Waals surface area (Å²) in [4.78, 5) is 10.3. The second kappa shape index (κ2) is 6.02. The monoisotopic (exact) mass is 241 g/mol. The first-order chi connectivity index (χ1) is 8.08. The van der Waals surface area contributed by atoms with Crippen LogP contribution in [0.15, 0.2) is 18.2 Å². The number of hydrogen-bond acceptors (Lipinski definition) is 6. The van der Waals surface area contributed by atoms with Gasteiger partial charge in [0.1, 0.15) is 5.69 Å². The van der Waals surface area contributed by atoms with Crippen molar-refractivity contribution < 1.29 is 15.1 Å². The standard InChI is InChI=1S/C10H15N3O4/c1-11-7-2-3-9(10(4-7)13(16)17)12-5-8(15)6-14/h2-4,8,11-12,14-15H,5-6H2,1H3. The van der Waals surface area contributed by atoms with Gasteiger partial charge < -0.3 is 20.8 Å². The number of nitrogens with zero attached hydrogens (tertiary/aromatic N) is 1. The quantitative estimate of drug-likeness (QED) is 0.424. The zero-order valence-electron chi connectivity index (χ0n) is 9.38. The van der Waals surface area contributed by atoms with Gasteiger partial charge in [-0.05, 0) is 12.1 Å². The Hall–Kier alpha value is -1.86. The van der Waals surface area contributed by atoms with E-state index in [4.69, 9.17) is 10.2 Å². The van der Waals surface area contributed by atoms with Crippen LogP contribution in [0.1, 0.15) is 0 Å². The van der Waals surface area contributed by atoms with E-state index in [1.807, 2.05) is 0 Å². The number of nitro groups is 1. The molecule has 0 spiro atoms. The van der Waals surface area contributed by atoms with Crippen LogP contribution in [-0.2, 0) is 0 Å². The zero-order chi connectivity index (χ0) is 12.8. The van der Waals surface area contributed by atoms with Gasteiger partial charge in [0.25, 0.3) is 5.69 Å². The van der Waals surface area contributed by atoms with Crippen molar-refractivity contribution in [2.45, 2.75) is 6.10 Å². The molecule has 0 amide bonds. The van der Waals surface area contributed by atoms with Crippen molar-refractivity contribution in [3.8, 4) is 0 Å². The number of anilines is 2. The first-order valence-electron chi connectivity index (χ1n) is 5.07. The fraction of sp³-hybridized carbons (Fsp3) is 0.400. The Labute approximate surface area is 98.2 Å². The lowest BCUT2D eigenvalue weighted by atomic mass is 10.2. The molecule has 7 heteroatoms. The predicted molar refractivity (Wildman–Crippen MR) is 64.2 cm³/mol. The van der Waals surface area contributed by atoms with Gasteiger partial charge in [-0.2, -0.15) is 0 Å². The molecule has 94 valence electrons. The van der Waals surface area contributed by atoms with Crippen LogP contribution in [0.4, 0.5) is 17.1 Å². The highest BCUT2D eigenvalue weighted by atomic mass is 16.6. The van der Waals surface area contributed by atoms with Gasteiger partial charge in [0.15, 0.2) is 0 Å². The second-order valence-corrected chi connectivity index (χ2v) is 3.46. The topological polar surface area (TPSA) is 108 Å². The Balaban J connectivity index is 2.87. The molecule has 0 aromatic heterocycles. The van der Waals surface area contributed by atoms with Gasteiger partial charge in [-0.15, -0.1) is 0 Å². The highest BCUT2D eigenvalue weighted by molar-refractivity contribution is 5.67. The van der Waals surface area contributed by atoms with E-state index in [1.165, 1.54) is 6.07 Å². The molecule has 0 aliphatic rings. The molecule has 0 aliphatic heterocycles. The first-order valence-corrected chi connectivity index (χ1v) is 5.07. The van der Waals surface area contributed by atoms with E-state index < -0.39 is 17.6 Å². The molecule has 0 radical (unpaired) electrons. The van der Waals surface area contributed by atoms with Crippen molar-refractivity contribution >= 4 is 17.1 Å². The molecular formula is C10H15N3O4. The highest BCUT2D eigenvalue weighted by Crippen LogP contribution is 2.27. The molecule has 0 aliphatic carbocycles. The van der Waals surface area contributed by atoms with Crippen molar-refractivity contribution in [2.24, 2.45) is 0 Å². The minimum atomic E-state index is -0.946. The van der Waals surface area contributed by atoms with Gasteiger partial charge in [-0.25, -0.2) is 0 Å². The van der Waals surface area contributed by atoms with Crippen LogP contribution in [0.25, 0.3) is 0 Å². The minimum Gasteiger partial charge on any atom is -0.394 e. The number of benzene rings is 1. The largest absolute Gasteiger partial charge is 0.394 e. The summed E-state index contributed by atoms with van der Waals surface area (Å²) in [6, 6.07) is 4.63. The molecule has 1 rings (SSSR count). The van der Waals surface area contributed by atoms with Crippen molar-refractivity contribution in [1.82, 2.24) is 0 Å². The number of rotatable bonds is 6. The van der Waals surface area contributed by atoms with E-state index in [2.05, 4.69) is 10.6 Å². The van der Waals surface area contributed by atoms with Crippen LogP contribution in [0.5, 0.6) is 0 Å². The van der Waals surface area contributed by atoms with Crippen LogP contribution in [-0.4, -0.2) is 41.4 Å². The maximum Gasteiger partial charge on any atom is 0.294 e. The van der Waals surface area contributed by atoms with Gasteiger partial charge >= 0.3 is 0 Å². The predicted octanol–water partition coefficient (Wildman–Crippen LogP) is 0.402. The molecule has 1 atom stereocenters. The number of nitrogens with one attached hydrogen (secondary N) is 2. The smallest absolute Gasteiger partial charge is 0.294 e.